The molecule has 2 saturated heterocycles. The molecule has 1 unspecified atom stereocenters. The molecule has 2 fully saturated rings. The standard InChI is InChI=1S/C14H26N4O2/c15-13(19)10-18-7-4-12(5-8-18)17-14(20)2-1-11-3-6-16-9-11/h11-12,16H,1-10H2,(H2,15,19)(H,17,20). The summed E-state index contributed by atoms with van der Waals surface area (Å²) in [6.07, 6.45) is 4.62. The van der Waals surface area contributed by atoms with Gasteiger partial charge < -0.3 is 16.4 Å². The SMILES string of the molecule is NC(=O)CN1CCC(NC(=O)CCC2CCNC2)CC1. The van der Waals surface area contributed by atoms with Crippen molar-refractivity contribution in [2.75, 3.05) is 32.7 Å². The number of nitrogens with zero attached hydrogens (tertiary/aromatic N) is 1. The summed E-state index contributed by atoms with van der Waals surface area (Å²) in [6.45, 7) is 4.14. The number of nitrogens with one attached hydrogen (secondary N) is 2. The summed E-state index contributed by atoms with van der Waals surface area (Å²) in [7, 11) is 0. The second-order valence-electron chi connectivity index (χ2n) is 5.98. The topological polar surface area (TPSA) is 87.5 Å². The van der Waals surface area contributed by atoms with Gasteiger partial charge in [0.25, 0.3) is 0 Å². The zero-order valence-corrected chi connectivity index (χ0v) is 12.1. The van der Waals surface area contributed by atoms with Crippen LogP contribution >= 0.6 is 0 Å². The number of nitrogens with two attached hydrogens (primary N) is 1. The van der Waals surface area contributed by atoms with Crippen LogP contribution in [0, 0.1) is 5.92 Å². The Morgan fingerprint density at radius 2 is 2.00 bits per heavy atom. The molecule has 20 heavy (non-hydrogen) atoms. The number of carbonyl (C=O) groups excluding carboxylic acids is 2. The molecule has 0 aliphatic carbocycles. The maximum atomic E-state index is 11.9. The Hall–Kier alpha value is -1.14. The summed E-state index contributed by atoms with van der Waals surface area (Å²) < 4.78 is 0. The Balaban J connectivity index is 1.59. The monoisotopic (exact) mass is 282 g/mol. The third-order valence-corrected chi connectivity index (χ3v) is 4.27. The number of rotatable bonds is 6. The van der Waals surface area contributed by atoms with Gasteiger partial charge in [-0.25, -0.2) is 0 Å². The number of piperidine rings is 1. The molecule has 1 atom stereocenters. The molecule has 6 heteroatoms. The van der Waals surface area contributed by atoms with Crippen LogP contribution in [-0.4, -0.2) is 55.5 Å². The molecule has 2 amide bonds. The molecule has 0 bridgehead atoms. The fraction of sp³-hybridized carbons (Fsp3) is 0.857. The molecule has 4 N–H and O–H groups in total. The fourth-order valence-electron chi connectivity index (χ4n) is 3.05. The lowest BCUT2D eigenvalue weighted by Gasteiger charge is -2.31. The second kappa shape index (κ2) is 7.59. The van der Waals surface area contributed by atoms with Crippen LogP contribution in [0.1, 0.15) is 32.1 Å². The quantitative estimate of drug-likeness (QED) is 0.609. The van der Waals surface area contributed by atoms with Crippen molar-refractivity contribution < 1.29 is 9.59 Å². The molecule has 0 aromatic rings. The van der Waals surface area contributed by atoms with Crippen molar-refractivity contribution >= 4 is 11.8 Å². The third kappa shape index (κ3) is 5.09. The van der Waals surface area contributed by atoms with Crippen molar-refractivity contribution in [1.29, 1.82) is 0 Å². The second-order valence-corrected chi connectivity index (χ2v) is 5.98. The molecule has 2 aliphatic rings. The highest BCUT2D eigenvalue weighted by atomic mass is 16.2. The van der Waals surface area contributed by atoms with Crippen molar-refractivity contribution in [2.45, 2.75) is 38.1 Å². The zero-order valence-electron chi connectivity index (χ0n) is 12.1. The van der Waals surface area contributed by atoms with Gasteiger partial charge in [0.1, 0.15) is 0 Å². The highest BCUT2D eigenvalue weighted by Crippen LogP contribution is 2.15. The molecule has 0 saturated carbocycles. The number of hydrogen-bond acceptors (Lipinski definition) is 4. The van der Waals surface area contributed by atoms with Crippen molar-refractivity contribution in [3.63, 3.8) is 0 Å². The average Bonchev–Trinajstić information content (AvgIpc) is 2.91. The number of likely N-dealkylation sites (tertiary alicyclic amines) is 1. The summed E-state index contributed by atoms with van der Waals surface area (Å²) in [4.78, 5) is 24.8. The molecule has 0 radical (unpaired) electrons. The minimum Gasteiger partial charge on any atom is -0.369 e. The lowest BCUT2D eigenvalue weighted by molar-refractivity contribution is -0.123. The van der Waals surface area contributed by atoms with E-state index in [-0.39, 0.29) is 17.9 Å². The summed E-state index contributed by atoms with van der Waals surface area (Å²) >= 11 is 0. The van der Waals surface area contributed by atoms with Gasteiger partial charge in [-0.05, 0) is 44.7 Å². The summed E-state index contributed by atoms with van der Waals surface area (Å²) in [5.41, 5.74) is 5.18. The van der Waals surface area contributed by atoms with E-state index in [0.29, 0.717) is 18.9 Å². The number of primary amides is 1. The van der Waals surface area contributed by atoms with E-state index >= 15 is 0 Å². The number of hydrogen-bond donors (Lipinski definition) is 3. The summed E-state index contributed by atoms with van der Waals surface area (Å²) in [5.74, 6) is 0.557. The largest absolute Gasteiger partial charge is 0.369 e. The maximum absolute atomic E-state index is 11.9. The summed E-state index contributed by atoms with van der Waals surface area (Å²) in [5, 5.41) is 6.44. The lowest BCUT2D eigenvalue weighted by atomic mass is 10.0. The fourth-order valence-corrected chi connectivity index (χ4v) is 3.05. The smallest absolute Gasteiger partial charge is 0.231 e. The summed E-state index contributed by atoms with van der Waals surface area (Å²) in [6, 6.07) is 0.258. The molecular weight excluding hydrogens is 256 g/mol. The Labute approximate surface area is 120 Å². The van der Waals surface area contributed by atoms with Crippen LogP contribution in [-0.2, 0) is 9.59 Å². The molecule has 114 valence electrons. The van der Waals surface area contributed by atoms with Gasteiger partial charge in [-0.15, -0.1) is 0 Å². The van der Waals surface area contributed by atoms with E-state index in [0.717, 1.165) is 45.4 Å². The Morgan fingerprint density at radius 1 is 1.25 bits per heavy atom. The van der Waals surface area contributed by atoms with Gasteiger partial charge in [-0.2, -0.15) is 0 Å². The van der Waals surface area contributed by atoms with Gasteiger partial charge in [-0.1, -0.05) is 0 Å². The third-order valence-electron chi connectivity index (χ3n) is 4.27. The van der Waals surface area contributed by atoms with Crippen molar-refractivity contribution in [3.05, 3.63) is 0 Å². The Kier molecular flexibility index (Phi) is 5.79. The number of carbonyl (C=O) groups is 2. The van der Waals surface area contributed by atoms with E-state index in [1.807, 2.05) is 0 Å². The van der Waals surface area contributed by atoms with Crippen LogP contribution in [0.5, 0.6) is 0 Å². The first-order valence-corrected chi connectivity index (χ1v) is 7.64. The molecule has 6 nitrogen and oxygen atoms in total. The van der Waals surface area contributed by atoms with Gasteiger partial charge in [-0.3, -0.25) is 14.5 Å². The predicted octanol–water partition coefficient (Wildman–Crippen LogP) is -0.558. The van der Waals surface area contributed by atoms with E-state index in [2.05, 4.69) is 15.5 Å². The maximum Gasteiger partial charge on any atom is 0.231 e. The first kappa shape index (κ1) is 15.3. The Bertz CT molecular complexity index is 334. The minimum atomic E-state index is -0.280. The van der Waals surface area contributed by atoms with E-state index in [9.17, 15) is 9.59 Å². The molecule has 2 aliphatic heterocycles. The van der Waals surface area contributed by atoms with Crippen molar-refractivity contribution in [3.8, 4) is 0 Å². The average molecular weight is 282 g/mol. The van der Waals surface area contributed by atoms with E-state index in [1.165, 1.54) is 6.42 Å². The van der Waals surface area contributed by atoms with Crippen molar-refractivity contribution in [1.82, 2.24) is 15.5 Å². The lowest BCUT2D eigenvalue weighted by Crippen LogP contribution is -2.46. The Morgan fingerprint density at radius 3 is 2.60 bits per heavy atom. The molecule has 0 aromatic heterocycles. The molecule has 2 heterocycles. The number of amides is 2. The van der Waals surface area contributed by atoms with E-state index in [1.54, 1.807) is 0 Å². The van der Waals surface area contributed by atoms with Crippen LogP contribution in [0.2, 0.25) is 0 Å². The van der Waals surface area contributed by atoms with Gasteiger partial charge in [0, 0.05) is 25.6 Å². The molecule has 0 spiro atoms. The first-order chi connectivity index (χ1) is 9.63. The van der Waals surface area contributed by atoms with Crippen molar-refractivity contribution in [2.24, 2.45) is 11.7 Å². The van der Waals surface area contributed by atoms with Crippen LogP contribution in [0.3, 0.4) is 0 Å². The zero-order chi connectivity index (χ0) is 14.4. The minimum absolute atomic E-state index is 0.172. The van der Waals surface area contributed by atoms with Gasteiger partial charge in [0.2, 0.25) is 11.8 Å². The predicted molar refractivity (Wildman–Crippen MR) is 77.0 cm³/mol. The molecule has 0 aromatic carbocycles. The van der Waals surface area contributed by atoms with Crippen LogP contribution in [0.4, 0.5) is 0 Å². The van der Waals surface area contributed by atoms with Crippen LogP contribution < -0.4 is 16.4 Å². The highest BCUT2D eigenvalue weighted by molar-refractivity contribution is 5.76. The normalized spacial score (nSPS) is 24.7. The molecule has 2 rings (SSSR count). The van der Waals surface area contributed by atoms with Crippen LogP contribution in [0.15, 0.2) is 0 Å². The van der Waals surface area contributed by atoms with Gasteiger partial charge in [0.15, 0.2) is 0 Å². The first-order valence-electron chi connectivity index (χ1n) is 7.64. The highest BCUT2D eigenvalue weighted by Gasteiger charge is 2.22. The van der Waals surface area contributed by atoms with E-state index in [4.69, 9.17) is 5.73 Å². The van der Waals surface area contributed by atoms with Gasteiger partial charge >= 0.3 is 0 Å². The molecular formula is C14H26N4O2. The van der Waals surface area contributed by atoms with Crippen LogP contribution in [0.25, 0.3) is 0 Å². The van der Waals surface area contributed by atoms with E-state index < -0.39 is 0 Å². The van der Waals surface area contributed by atoms with Gasteiger partial charge in [0.05, 0.1) is 6.54 Å².